The standard InChI is InChI=1S/C24H31NO3/c1-3-22-15-23(27,16-25-2)24(28,18-7-5-4-6-8-18)14-19(22)10-9-17-13-20(26)11-12-21(17)22/h4-8,11-13,19,25-28H,3,9-10,14-16H2,1-2H3. The molecule has 0 aromatic heterocycles. The first-order valence-corrected chi connectivity index (χ1v) is 10.4. The van der Waals surface area contributed by atoms with Gasteiger partial charge in [-0.15, -0.1) is 0 Å². The van der Waals surface area contributed by atoms with E-state index in [0.29, 0.717) is 25.1 Å². The van der Waals surface area contributed by atoms with Crippen LogP contribution in [0.4, 0.5) is 0 Å². The molecule has 150 valence electrons. The van der Waals surface area contributed by atoms with Crippen LogP contribution >= 0.6 is 0 Å². The van der Waals surface area contributed by atoms with E-state index in [1.54, 1.807) is 6.07 Å². The van der Waals surface area contributed by atoms with Crippen molar-refractivity contribution in [2.45, 2.75) is 55.6 Å². The maximum Gasteiger partial charge on any atom is 0.120 e. The van der Waals surface area contributed by atoms with Gasteiger partial charge in [0.15, 0.2) is 0 Å². The van der Waals surface area contributed by atoms with Gasteiger partial charge in [-0.3, -0.25) is 0 Å². The normalized spacial score (nSPS) is 34.5. The van der Waals surface area contributed by atoms with Gasteiger partial charge in [0.2, 0.25) is 0 Å². The first kappa shape index (κ1) is 19.4. The first-order valence-electron chi connectivity index (χ1n) is 10.4. The van der Waals surface area contributed by atoms with Crippen LogP contribution in [0, 0.1) is 5.92 Å². The van der Waals surface area contributed by atoms with Crippen LogP contribution in [0.15, 0.2) is 48.5 Å². The van der Waals surface area contributed by atoms with E-state index in [0.717, 1.165) is 24.8 Å². The zero-order valence-electron chi connectivity index (χ0n) is 16.8. The predicted octanol–water partition coefficient (Wildman–Crippen LogP) is 3.23. The maximum absolute atomic E-state index is 11.9. The highest BCUT2D eigenvalue weighted by molar-refractivity contribution is 5.45. The van der Waals surface area contributed by atoms with Crippen molar-refractivity contribution in [1.82, 2.24) is 5.32 Å². The van der Waals surface area contributed by atoms with Crippen LogP contribution in [0.2, 0.25) is 0 Å². The molecule has 2 aliphatic rings. The van der Waals surface area contributed by atoms with E-state index >= 15 is 0 Å². The number of aliphatic hydroxyl groups is 2. The van der Waals surface area contributed by atoms with E-state index in [1.165, 1.54) is 11.1 Å². The van der Waals surface area contributed by atoms with Crippen molar-refractivity contribution in [1.29, 1.82) is 0 Å². The molecule has 0 spiro atoms. The number of phenolic OH excluding ortho intramolecular Hbond substituents is 1. The van der Waals surface area contributed by atoms with Gasteiger partial charge in [0.25, 0.3) is 0 Å². The van der Waals surface area contributed by atoms with E-state index in [9.17, 15) is 15.3 Å². The molecule has 2 aromatic rings. The Kier molecular flexibility index (Phi) is 4.77. The molecule has 4 heteroatoms. The van der Waals surface area contributed by atoms with Crippen LogP contribution < -0.4 is 5.32 Å². The van der Waals surface area contributed by atoms with Crippen molar-refractivity contribution in [2.24, 2.45) is 5.92 Å². The van der Waals surface area contributed by atoms with E-state index in [-0.39, 0.29) is 11.3 Å². The molecule has 4 nitrogen and oxygen atoms in total. The van der Waals surface area contributed by atoms with E-state index in [1.807, 2.05) is 49.5 Å². The minimum Gasteiger partial charge on any atom is -0.508 e. The number of hydrogen-bond donors (Lipinski definition) is 4. The topological polar surface area (TPSA) is 72.7 Å². The SMILES string of the molecule is CCC12CC(O)(CNC)C(O)(c3ccccc3)CC1CCc1cc(O)ccc12. The summed E-state index contributed by atoms with van der Waals surface area (Å²) in [5.74, 6) is 0.572. The van der Waals surface area contributed by atoms with Crippen LogP contribution in [0.25, 0.3) is 0 Å². The fraction of sp³-hybridized carbons (Fsp3) is 0.500. The Labute approximate surface area is 167 Å². The van der Waals surface area contributed by atoms with Crippen molar-refractivity contribution >= 4 is 0 Å². The molecule has 4 atom stereocenters. The van der Waals surface area contributed by atoms with Gasteiger partial charge in [-0.1, -0.05) is 43.3 Å². The molecule has 0 radical (unpaired) electrons. The van der Waals surface area contributed by atoms with Crippen LogP contribution in [0.3, 0.4) is 0 Å². The third-order valence-corrected chi connectivity index (χ3v) is 7.44. The largest absolute Gasteiger partial charge is 0.508 e. The highest BCUT2D eigenvalue weighted by atomic mass is 16.4. The van der Waals surface area contributed by atoms with Gasteiger partial charge >= 0.3 is 0 Å². The number of aromatic hydroxyl groups is 1. The second kappa shape index (κ2) is 6.87. The summed E-state index contributed by atoms with van der Waals surface area (Å²) < 4.78 is 0. The highest BCUT2D eigenvalue weighted by Crippen LogP contribution is 2.60. The van der Waals surface area contributed by atoms with Crippen molar-refractivity contribution in [2.75, 3.05) is 13.6 Å². The highest BCUT2D eigenvalue weighted by Gasteiger charge is 2.62. The van der Waals surface area contributed by atoms with E-state index < -0.39 is 11.2 Å². The number of hydrogen-bond acceptors (Lipinski definition) is 4. The summed E-state index contributed by atoms with van der Waals surface area (Å²) in [6, 6.07) is 15.3. The minimum absolute atomic E-state index is 0.201. The summed E-state index contributed by atoms with van der Waals surface area (Å²) in [6.07, 6.45) is 3.77. The van der Waals surface area contributed by atoms with Crippen molar-refractivity contribution in [3.63, 3.8) is 0 Å². The van der Waals surface area contributed by atoms with Crippen LogP contribution in [-0.4, -0.2) is 34.5 Å². The number of nitrogens with one attached hydrogen (secondary N) is 1. The lowest BCUT2D eigenvalue weighted by molar-refractivity contribution is -0.211. The van der Waals surface area contributed by atoms with Crippen molar-refractivity contribution in [3.05, 3.63) is 65.2 Å². The molecule has 2 aliphatic carbocycles. The molecule has 0 amide bonds. The summed E-state index contributed by atoms with van der Waals surface area (Å²) in [4.78, 5) is 0. The summed E-state index contributed by atoms with van der Waals surface area (Å²) in [5.41, 5.74) is 0.406. The van der Waals surface area contributed by atoms with Gasteiger partial charge in [0.1, 0.15) is 17.0 Å². The molecular formula is C24H31NO3. The Morgan fingerprint density at radius 3 is 2.54 bits per heavy atom. The summed E-state index contributed by atoms with van der Waals surface area (Å²) >= 11 is 0. The van der Waals surface area contributed by atoms with Crippen LogP contribution in [0.5, 0.6) is 5.75 Å². The molecule has 28 heavy (non-hydrogen) atoms. The second-order valence-corrected chi connectivity index (χ2v) is 8.76. The lowest BCUT2D eigenvalue weighted by Crippen LogP contribution is -2.66. The fourth-order valence-electron chi connectivity index (χ4n) is 6.06. The van der Waals surface area contributed by atoms with E-state index in [4.69, 9.17) is 0 Å². The molecule has 4 unspecified atom stereocenters. The van der Waals surface area contributed by atoms with Gasteiger partial charge in [-0.05, 0) is 73.9 Å². The van der Waals surface area contributed by atoms with Crippen LogP contribution in [0.1, 0.15) is 49.3 Å². The Morgan fingerprint density at radius 1 is 1.11 bits per heavy atom. The monoisotopic (exact) mass is 381 g/mol. The number of benzene rings is 2. The molecule has 0 saturated heterocycles. The number of likely N-dealkylation sites (N-methyl/N-ethyl adjacent to an activating group) is 1. The number of rotatable bonds is 4. The zero-order chi connectivity index (χ0) is 20.0. The van der Waals surface area contributed by atoms with Crippen molar-refractivity contribution in [3.8, 4) is 5.75 Å². The Hall–Kier alpha value is -1.88. The molecule has 2 aromatic carbocycles. The van der Waals surface area contributed by atoms with Gasteiger partial charge < -0.3 is 20.6 Å². The van der Waals surface area contributed by atoms with Gasteiger partial charge in [-0.2, -0.15) is 0 Å². The third kappa shape index (κ3) is 2.70. The minimum atomic E-state index is -1.30. The molecule has 4 rings (SSSR count). The molecule has 0 heterocycles. The molecule has 1 saturated carbocycles. The molecule has 0 bridgehead atoms. The number of phenols is 1. The summed E-state index contributed by atoms with van der Waals surface area (Å²) in [5, 5.41) is 36.9. The van der Waals surface area contributed by atoms with Gasteiger partial charge in [-0.25, -0.2) is 0 Å². The summed E-state index contributed by atoms with van der Waals surface area (Å²) in [7, 11) is 1.82. The number of aryl methyl sites for hydroxylation is 1. The summed E-state index contributed by atoms with van der Waals surface area (Å²) in [6.45, 7) is 2.50. The zero-order valence-corrected chi connectivity index (χ0v) is 16.8. The van der Waals surface area contributed by atoms with Crippen LogP contribution in [-0.2, 0) is 17.4 Å². The quantitative estimate of drug-likeness (QED) is 0.656. The van der Waals surface area contributed by atoms with Gasteiger partial charge in [0.05, 0.1) is 0 Å². The van der Waals surface area contributed by atoms with Crippen molar-refractivity contribution < 1.29 is 15.3 Å². The molecule has 4 N–H and O–H groups in total. The number of fused-ring (bicyclic) bond motifs is 3. The average Bonchev–Trinajstić information content (AvgIpc) is 2.69. The second-order valence-electron chi connectivity index (χ2n) is 8.76. The molecular weight excluding hydrogens is 350 g/mol. The Balaban J connectivity index is 1.86. The Bertz CT molecular complexity index is 854. The lowest BCUT2D eigenvalue weighted by atomic mass is 9.48. The lowest BCUT2D eigenvalue weighted by Gasteiger charge is -2.60. The fourth-order valence-corrected chi connectivity index (χ4v) is 6.06. The Morgan fingerprint density at radius 2 is 1.86 bits per heavy atom. The predicted molar refractivity (Wildman–Crippen MR) is 110 cm³/mol. The smallest absolute Gasteiger partial charge is 0.120 e. The first-order chi connectivity index (χ1) is 13.4. The van der Waals surface area contributed by atoms with E-state index in [2.05, 4.69) is 12.2 Å². The molecule has 0 aliphatic heterocycles. The molecule has 1 fully saturated rings. The maximum atomic E-state index is 11.9. The third-order valence-electron chi connectivity index (χ3n) is 7.44. The average molecular weight is 382 g/mol. The van der Waals surface area contributed by atoms with Gasteiger partial charge in [0, 0.05) is 12.0 Å².